The Labute approximate surface area is 255 Å². The van der Waals surface area contributed by atoms with Crippen molar-refractivity contribution in [1.82, 2.24) is 0 Å². The largest absolute Gasteiger partial charge is 0.309 e. The first-order chi connectivity index (χ1) is 21.0. The quantitative estimate of drug-likeness (QED) is 0.184. The zero-order valence-electron chi connectivity index (χ0n) is 25.4. The van der Waals surface area contributed by atoms with Crippen molar-refractivity contribution < 1.29 is 0 Å². The Morgan fingerprint density at radius 1 is 0.395 bits per heavy atom. The summed E-state index contributed by atoms with van der Waals surface area (Å²) >= 11 is 0. The molecule has 0 spiro atoms. The second-order valence-corrected chi connectivity index (χ2v) is 12.2. The van der Waals surface area contributed by atoms with Crippen molar-refractivity contribution in [2.24, 2.45) is 0 Å². The molecule has 0 unspecified atom stereocenters. The van der Waals surface area contributed by atoms with Gasteiger partial charge in [0, 0.05) is 22.1 Å². The van der Waals surface area contributed by atoms with Gasteiger partial charge in [0.25, 0.3) is 0 Å². The first-order valence-electron chi connectivity index (χ1n) is 15.4. The van der Waals surface area contributed by atoms with Crippen LogP contribution < -0.4 is 4.90 Å². The van der Waals surface area contributed by atoms with E-state index in [-0.39, 0.29) is 0 Å². The fourth-order valence-corrected chi connectivity index (χ4v) is 6.50. The first-order valence-corrected chi connectivity index (χ1v) is 15.4. The molecule has 0 aromatic heterocycles. The predicted octanol–water partition coefficient (Wildman–Crippen LogP) is 12.5. The number of nitrogens with zero attached hydrogens (tertiary/aromatic N) is 1. The zero-order valence-corrected chi connectivity index (χ0v) is 25.4. The van der Waals surface area contributed by atoms with Crippen molar-refractivity contribution in [3.8, 4) is 11.1 Å². The minimum atomic E-state index is 0.481. The van der Waals surface area contributed by atoms with Crippen LogP contribution in [0.1, 0.15) is 50.7 Å². The summed E-state index contributed by atoms with van der Waals surface area (Å²) in [6.07, 6.45) is 0. The van der Waals surface area contributed by atoms with Crippen LogP contribution in [0.3, 0.4) is 0 Å². The average molecular weight is 556 g/mol. The summed E-state index contributed by atoms with van der Waals surface area (Å²) in [5.41, 5.74) is 8.79. The third kappa shape index (κ3) is 4.76. The Morgan fingerprint density at radius 2 is 0.814 bits per heavy atom. The summed E-state index contributed by atoms with van der Waals surface area (Å²) in [6, 6.07) is 51.6. The van der Waals surface area contributed by atoms with Crippen LogP contribution in [0.5, 0.6) is 0 Å². The minimum Gasteiger partial charge on any atom is -0.309 e. The van der Waals surface area contributed by atoms with E-state index in [0.717, 1.165) is 11.4 Å². The van der Waals surface area contributed by atoms with E-state index in [4.69, 9.17) is 0 Å². The lowest BCUT2D eigenvalue weighted by Gasteiger charge is -2.30. The lowest BCUT2D eigenvalue weighted by molar-refractivity contribution is 0.866. The third-order valence-electron chi connectivity index (χ3n) is 8.82. The summed E-state index contributed by atoms with van der Waals surface area (Å²) in [5.74, 6) is 0.962. The van der Waals surface area contributed by atoms with Gasteiger partial charge < -0.3 is 4.90 Å². The van der Waals surface area contributed by atoms with E-state index >= 15 is 0 Å². The Morgan fingerprint density at radius 3 is 1.30 bits per heavy atom. The fourth-order valence-electron chi connectivity index (χ4n) is 6.50. The molecule has 0 saturated carbocycles. The van der Waals surface area contributed by atoms with Crippen LogP contribution >= 0.6 is 0 Å². The number of hydrogen-bond acceptors (Lipinski definition) is 1. The number of rotatable bonds is 6. The highest BCUT2D eigenvalue weighted by molar-refractivity contribution is 6.24. The molecule has 7 rings (SSSR count). The van der Waals surface area contributed by atoms with Crippen molar-refractivity contribution in [1.29, 1.82) is 0 Å². The van der Waals surface area contributed by atoms with Crippen molar-refractivity contribution in [3.63, 3.8) is 0 Å². The van der Waals surface area contributed by atoms with E-state index in [9.17, 15) is 0 Å². The SMILES string of the molecule is CC(C)c1ccc(N(c2ccc(C(C)C)cc2)c2c3ccccc3c(-c3cccc4ccccc34)c3ccccc23)cc1. The van der Waals surface area contributed by atoms with E-state index in [1.54, 1.807) is 0 Å². The van der Waals surface area contributed by atoms with Gasteiger partial charge in [-0.3, -0.25) is 0 Å². The summed E-state index contributed by atoms with van der Waals surface area (Å²) in [6.45, 7) is 9.02. The van der Waals surface area contributed by atoms with Crippen LogP contribution in [0.4, 0.5) is 17.1 Å². The lowest BCUT2D eigenvalue weighted by Crippen LogP contribution is -2.12. The van der Waals surface area contributed by atoms with Gasteiger partial charge in [0.1, 0.15) is 0 Å². The first kappa shape index (κ1) is 27.0. The molecule has 0 aliphatic carbocycles. The van der Waals surface area contributed by atoms with Crippen LogP contribution in [0.15, 0.2) is 140 Å². The molecule has 0 amide bonds. The van der Waals surface area contributed by atoms with E-state index in [1.165, 1.54) is 60.3 Å². The maximum absolute atomic E-state index is 2.46. The summed E-state index contributed by atoms with van der Waals surface area (Å²) < 4.78 is 0. The fraction of sp³-hybridized carbons (Fsp3) is 0.143. The highest BCUT2D eigenvalue weighted by Crippen LogP contribution is 2.49. The molecule has 0 aliphatic heterocycles. The maximum Gasteiger partial charge on any atom is 0.0618 e. The lowest BCUT2D eigenvalue weighted by atomic mass is 9.87. The Hall–Kier alpha value is -4.88. The molecule has 0 bridgehead atoms. The molecule has 0 N–H and O–H groups in total. The molecule has 43 heavy (non-hydrogen) atoms. The molecular formula is C42H37N. The Balaban J connectivity index is 1.58. The highest BCUT2D eigenvalue weighted by Gasteiger charge is 2.23. The predicted molar refractivity (Wildman–Crippen MR) is 187 cm³/mol. The number of anilines is 3. The van der Waals surface area contributed by atoms with Gasteiger partial charge in [0.2, 0.25) is 0 Å². The third-order valence-corrected chi connectivity index (χ3v) is 8.82. The van der Waals surface area contributed by atoms with Crippen molar-refractivity contribution >= 4 is 49.4 Å². The van der Waals surface area contributed by atoms with Crippen LogP contribution in [-0.4, -0.2) is 0 Å². The summed E-state index contributed by atoms with van der Waals surface area (Å²) in [7, 11) is 0. The van der Waals surface area contributed by atoms with Crippen LogP contribution in [0.25, 0.3) is 43.4 Å². The van der Waals surface area contributed by atoms with Crippen molar-refractivity contribution in [2.45, 2.75) is 39.5 Å². The van der Waals surface area contributed by atoms with Gasteiger partial charge in [0.05, 0.1) is 5.69 Å². The zero-order chi connectivity index (χ0) is 29.5. The van der Waals surface area contributed by atoms with Gasteiger partial charge in [-0.05, 0) is 79.9 Å². The Bertz CT molecular complexity index is 1950. The average Bonchev–Trinajstić information content (AvgIpc) is 3.05. The maximum atomic E-state index is 2.46. The molecule has 210 valence electrons. The van der Waals surface area contributed by atoms with Gasteiger partial charge in [-0.15, -0.1) is 0 Å². The molecule has 7 aromatic rings. The molecule has 1 nitrogen and oxygen atoms in total. The molecule has 0 fully saturated rings. The molecular weight excluding hydrogens is 518 g/mol. The number of hydrogen-bond donors (Lipinski definition) is 0. The molecule has 0 heterocycles. The van der Waals surface area contributed by atoms with E-state index in [0.29, 0.717) is 11.8 Å². The molecule has 7 aromatic carbocycles. The normalized spacial score (nSPS) is 11.7. The standard InChI is InChI=1S/C42H37N/c1-28(2)30-20-24-33(25-21-30)43(34-26-22-31(23-27-34)29(3)4)42-39-17-9-7-15-37(39)41(38-16-8-10-18-40(38)42)36-19-11-13-32-12-5-6-14-35(32)36/h5-29H,1-4H3. The van der Waals surface area contributed by atoms with Gasteiger partial charge in [-0.25, -0.2) is 0 Å². The summed E-state index contributed by atoms with van der Waals surface area (Å²) in [5, 5.41) is 7.54. The van der Waals surface area contributed by atoms with E-state index in [2.05, 4.69) is 172 Å². The molecule has 1 heteroatoms. The second-order valence-electron chi connectivity index (χ2n) is 12.2. The topological polar surface area (TPSA) is 3.24 Å². The second kappa shape index (κ2) is 11.1. The van der Waals surface area contributed by atoms with Crippen molar-refractivity contribution in [2.75, 3.05) is 4.90 Å². The number of benzene rings is 7. The molecule has 0 radical (unpaired) electrons. The van der Waals surface area contributed by atoms with Gasteiger partial charge in [-0.1, -0.05) is 143 Å². The van der Waals surface area contributed by atoms with Gasteiger partial charge >= 0.3 is 0 Å². The monoisotopic (exact) mass is 555 g/mol. The van der Waals surface area contributed by atoms with Crippen LogP contribution in [0.2, 0.25) is 0 Å². The van der Waals surface area contributed by atoms with Crippen LogP contribution in [0, 0.1) is 0 Å². The van der Waals surface area contributed by atoms with E-state index in [1.807, 2.05) is 0 Å². The Kier molecular flexibility index (Phi) is 6.95. The summed E-state index contributed by atoms with van der Waals surface area (Å²) in [4.78, 5) is 2.46. The van der Waals surface area contributed by atoms with Crippen molar-refractivity contribution in [3.05, 3.63) is 151 Å². The minimum absolute atomic E-state index is 0.481. The molecule has 0 aliphatic rings. The highest BCUT2D eigenvalue weighted by atomic mass is 15.1. The smallest absolute Gasteiger partial charge is 0.0618 e. The van der Waals surface area contributed by atoms with E-state index < -0.39 is 0 Å². The van der Waals surface area contributed by atoms with Gasteiger partial charge in [-0.2, -0.15) is 0 Å². The molecule has 0 atom stereocenters. The van der Waals surface area contributed by atoms with Gasteiger partial charge in [0.15, 0.2) is 0 Å². The number of fused-ring (bicyclic) bond motifs is 3. The van der Waals surface area contributed by atoms with Crippen LogP contribution in [-0.2, 0) is 0 Å². The molecule has 0 saturated heterocycles.